The van der Waals surface area contributed by atoms with E-state index in [1.54, 1.807) is 32.9 Å². The Labute approximate surface area is 223 Å². The molecule has 2 amide bonds. The van der Waals surface area contributed by atoms with Crippen LogP contribution in [0.4, 0.5) is 4.79 Å². The van der Waals surface area contributed by atoms with Crippen molar-refractivity contribution in [3.05, 3.63) is 71.8 Å². The monoisotopic (exact) mass is 524 g/mol. The predicted molar refractivity (Wildman–Crippen MR) is 140 cm³/mol. The topological polar surface area (TPSA) is 122 Å². The van der Waals surface area contributed by atoms with Crippen LogP contribution in [0.2, 0.25) is 0 Å². The molecule has 204 valence electrons. The van der Waals surface area contributed by atoms with Gasteiger partial charge in [-0.1, -0.05) is 60.7 Å². The summed E-state index contributed by atoms with van der Waals surface area (Å²) < 4.78 is 10.9. The van der Waals surface area contributed by atoms with E-state index < -0.39 is 41.6 Å². The van der Waals surface area contributed by atoms with E-state index in [0.717, 1.165) is 11.1 Å². The largest absolute Gasteiger partial charge is 0.481 e. The summed E-state index contributed by atoms with van der Waals surface area (Å²) in [6.07, 6.45) is -0.0260. The summed E-state index contributed by atoms with van der Waals surface area (Å²) in [6, 6.07) is 16.8. The first-order valence-electron chi connectivity index (χ1n) is 12.8. The first-order valence-corrected chi connectivity index (χ1v) is 12.8. The van der Waals surface area contributed by atoms with Crippen molar-refractivity contribution in [2.75, 3.05) is 6.54 Å². The summed E-state index contributed by atoms with van der Waals surface area (Å²) in [7, 11) is 0. The highest BCUT2D eigenvalue weighted by Crippen LogP contribution is 2.28. The Morgan fingerprint density at radius 1 is 1.00 bits per heavy atom. The van der Waals surface area contributed by atoms with Crippen molar-refractivity contribution in [3.63, 3.8) is 0 Å². The van der Waals surface area contributed by atoms with Gasteiger partial charge in [0.25, 0.3) is 0 Å². The van der Waals surface area contributed by atoms with Crippen LogP contribution < -0.4 is 5.32 Å². The highest BCUT2D eigenvalue weighted by molar-refractivity contribution is 5.90. The molecular weight excluding hydrogens is 488 g/mol. The summed E-state index contributed by atoms with van der Waals surface area (Å²) in [5, 5.41) is 11.8. The number of rotatable bonds is 10. The molecule has 3 rings (SSSR count). The zero-order chi connectivity index (χ0) is 27.7. The van der Waals surface area contributed by atoms with Gasteiger partial charge in [0.15, 0.2) is 0 Å². The molecule has 1 unspecified atom stereocenters. The molecule has 2 N–H and O–H groups in total. The first kappa shape index (κ1) is 28.7. The van der Waals surface area contributed by atoms with Crippen molar-refractivity contribution in [2.45, 2.75) is 70.7 Å². The fourth-order valence-electron chi connectivity index (χ4n) is 4.40. The minimum absolute atomic E-state index is 0.00294. The number of hydrogen-bond donors (Lipinski definition) is 2. The minimum Gasteiger partial charge on any atom is -0.481 e. The van der Waals surface area contributed by atoms with Crippen LogP contribution in [0.3, 0.4) is 0 Å². The standard InChI is InChI=1S/C29H36N2O7/c1-29(2,3)38-28(36)31-18-22(16-20-10-6-4-7-11-20)17-24(31)26(34)30-23(14-15-25(32)33)27(35)37-19-21-12-8-5-9-13-21/h4-13,22-24H,14-19H2,1-3H3,(H,30,34)(H,32,33)/t22?,23-,24-/m0/s1. The number of esters is 1. The zero-order valence-corrected chi connectivity index (χ0v) is 22.1. The number of carbonyl (C=O) groups is 4. The number of benzene rings is 2. The van der Waals surface area contributed by atoms with Gasteiger partial charge in [-0.2, -0.15) is 0 Å². The number of carbonyl (C=O) groups excluding carboxylic acids is 3. The number of hydrogen-bond acceptors (Lipinski definition) is 6. The van der Waals surface area contributed by atoms with Gasteiger partial charge in [0.1, 0.15) is 24.3 Å². The van der Waals surface area contributed by atoms with Gasteiger partial charge in [-0.15, -0.1) is 0 Å². The van der Waals surface area contributed by atoms with Gasteiger partial charge in [0.05, 0.1) is 0 Å². The molecular formula is C29H36N2O7. The van der Waals surface area contributed by atoms with E-state index in [2.05, 4.69) is 5.32 Å². The lowest BCUT2D eigenvalue weighted by Gasteiger charge is -2.29. The lowest BCUT2D eigenvalue weighted by atomic mass is 9.96. The predicted octanol–water partition coefficient (Wildman–Crippen LogP) is 3.95. The lowest BCUT2D eigenvalue weighted by molar-refractivity contribution is -0.150. The van der Waals surface area contributed by atoms with Crippen LogP contribution in [0.1, 0.15) is 51.2 Å². The maximum atomic E-state index is 13.4. The van der Waals surface area contributed by atoms with Crippen LogP contribution in [0.25, 0.3) is 0 Å². The molecule has 0 aliphatic carbocycles. The molecule has 0 saturated carbocycles. The number of amides is 2. The van der Waals surface area contributed by atoms with Crippen molar-refractivity contribution in [3.8, 4) is 0 Å². The van der Waals surface area contributed by atoms with Crippen LogP contribution >= 0.6 is 0 Å². The molecule has 9 nitrogen and oxygen atoms in total. The molecule has 2 aromatic rings. The van der Waals surface area contributed by atoms with E-state index in [1.807, 2.05) is 48.5 Å². The third-order valence-electron chi connectivity index (χ3n) is 6.16. The van der Waals surface area contributed by atoms with Crippen molar-refractivity contribution < 1.29 is 33.8 Å². The molecule has 3 atom stereocenters. The number of aliphatic carboxylic acids is 1. The second-order valence-corrected chi connectivity index (χ2v) is 10.5. The molecule has 1 heterocycles. The van der Waals surface area contributed by atoms with E-state index in [1.165, 1.54) is 4.90 Å². The molecule has 0 spiro atoms. The van der Waals surface area contributed by atoms with Gasteiger partial charge in [-0.25, -0.2) is 9.59 Å². The van der Waals surface area contributed by atoms with Gasteiger partial charge < -0.3 is 19.9 Å². The summed E-state index contributed by atoms with van der Waals surface area (Å²) in [6.45, 7) is 5.57. The van der Waals surface area contributed by atoms with E-state index >= 15 is 0 Å². The molecule has 9 heteroatoms. The highest BCUT2D eigenvalue weighted by Gasteiger charge is 2.42. The molecule has 1 saturated heterocycles. The second kappa shape index (κ2) is 13.1. The van der Waals surface area contributed by atoms with Gasteiger partial charge >= 0.3 is 18.0 Å². The van der Waals surface area contributed by atoms with Crippen molar-refractivity contribution in [1.29, 1.82) is 0 Å². The summed E-state index contributed by atoms with van der Waals surface area (Å²) >= 11 is 0. The van der Waals surface area contributed by atoms with Crippen LogP contribution in [-0.4, -0.2) is 58.2 Å². The molecule has 2 aromatic carbocycles. The van der Waals surface area contributed by atoms with E-state index in [0.29, 0.717) is 19.4 Å². The number of carboxylic acid groups (broad SMARTS) is 1. The SMILES string of the molecule is CC(C)(C)OC(=O)N1CC(Cc2ccccc2)C[C@H]1C(=O)N[C@@H](CCC(=O)O)C(=O)OCc1ccccc1. The van der Waals surface area contributed by atoms with Gasteiger partial charge in [0.2, 0.25) is 5.91 Å². The van der Waals surface area contributed by atoms with Crippen molar-refractivity contribution >= 4 is 23.9 Å². The molecule has 38 heavy (non-hydrogen) atoms. The Hall–Kier alpha value is -3.88. The van der Waals surface area contributed by atoms with Gasteiger partial charge in [-0.3, -0.25) is 14.5 Å². The Morgan fingerprint density at radius 3 is 2.18 bits per heavy atom. The van der Waals surface area contributed by atoms with E-state index in [-0.39, 0.29) is 25.4 Å². The van der Waals surface area contributed by atoms with Crippen LogP contribution in [0.15, 0.2) is 60.7 Å². The fourth-order valence-corrected chi connectivity index (χ4v) is 4.40. The summed E-state index contributed by atoms with van der Waals surface area (Å²) in [4.78, 5) is 51.9. The molecule has 1 aliphatic rings. The number of likely N-dealkylation sites (tertiary alicyclic amines) is 1. The Kier molecular flexibility index (Phi) is 9.87. The van der Waals surface area contributed by atoms with Crippen molar-refractivity contribution in [1.82, 2.24) is 10.2 Å². The maximum absolute atomic E-state index is 13.4. The lowest BCUT2D eigenvalue weighted by Crippen LogP contribution is -2.52. The Balaban J connectivity index is 1.73. The van der Waals surface area contributed by atoms with E-state index in [9.17, 15) is 19.2 Å². The van der Waals surface area contributed by atoms with Crippen LogP contribution in [0, 0.1) is 5.92 Å². The maximum Gasteiger partial charge on any atom is 0.410 e. The molecule has 0 bridgehead atoms. The first-order chi connectivity index (χ1) is 18.0. The number of nitrogens with zero attached hydrogens (tertiary/aromatic N) is 1. The zero-order valence-electron chi connectivity index (χ0n) is 22.1. The average Bonchev–Trinajstić information content (AvgIpc) is 3.29. The van der Waals surface area contributed by atoms with Gasteiger partial charge in [-0.05, 0) is 57.1 Å². The highest BCUT2D eigenvalue weighted by atomic mass is 16.6. The normalized spacial score (nSPS) is 17.9. The van der Waals surface area contributed by atoms with Crippen molar-refractivity contribution in [2.24, 2.45) is 5.92 Å². The summed E-state index contributed by atoms with van der Waals surface area (Å²) in [5.41, 5.74) is 1.10. The molecule has 0 radical (unpaired) electrons. The number of ether oxygens (including phenoxy) is 2. The van der Waals surface area contributed by atoms with Crippen LogP contribution in [0.5, 0.6) is 0 Å². The average molecular weight is 525 g/mol. The molecule has 0 aromatic heterocycles. The molecule has 1 fully saturated rings. The number of carboxylic acids is 1. The fraction of sp³-hybridized carbons (Fsp3) is 0.448. The quantitative estimate of drug-likeness (QED) is 0.451. The minimum atomic E-state index is -1.17. The smallest absolute Gasteiger partial charge is 0.410 e. The second-order valence-electron chi connectivity index (χ2n) is 10.5. The third kappa shape index (κ3) is 8.90. The third-order valence-corrected chi connectivity index (χ3v) is 6.16. The Morgan fingerprint density at radius 2 is 1.61 bits per heavy atom. The van der Waals surface area contributed by atoms with E-state index in [4.69, 9.17) is 14.6 Å². The summed E-state index contributed by atoms with van der Waals surface area (Å²) in [5.74, 6) is -2.37. The Bertz CT molecular complexity index is 1100. The molecule has 1 aliphatic heterocycles. The number of nitrogens with one attached hydrogen (secondary N) is 1. The van der Waals surface area contributed by atoms with Crippen LogP contribution in [-0.2, 0) is 36.9 Å². The van der Waals surface area contributed by atoms with Gasteiger partial charge in [0, 0.05) is 13.0 Å².